The lowest BCUT2D eigenvalue weighted by Crippen LogP contribution is -2.48. The quantitative estimate of drug-likeness (QED) is 0.757. The summed E-state index contributed by atoms with van der Waals surface area (Å²) >= 11 is 0. The van der Waals surface area contributed by atoms with Gasteiger partial charge in [-0.1, -0.05) is 0 Å². The van der Waals surface area contributed by atoms with Crippen LogP contribution in [0.1, 0.15) is 32.6 Å². The van der Waals surface area contributed by atoms with Crippen molar-refractivity contribution in [2.45, 2.75) is 44.8 Å². The summed E-state index contributed by atoms with van der Waals surface area (Å²) in [5.74, 6) is 0.490. The van der Waals surface area contributed by atoms with E-state index in [0.717, 1.165) is 38.8 Å². The van der Waals surface area contributed by atoms with Crippen LogP contribution in [0.2, 0.25) is 0 Å². The molecule has 3 unspecified atom stereocenters. The molecule has 2 aliphatic heterocycles. The summed E-state index contributed by atoms with van der Waals surface area (Å²) in [5.41, 5.74) is 0. The van der Waals surface area contributed by atoms with E-state index in [0.29, 0.717) is 19.0 Å². The molecule has 2 heterocycles. The molecule has 21 heavy (non-hydrogen) atoms. The van der Waals surface area contributed by atoms with Crippen LogP contribution in [0.25, 0.3) is 0 Å². The van der Waals surface area contributed by atoms with Crippen molar-refractivity contribution < 1.29 is 14.3 Å². The molecule has 2 N–H and O–H groups in total. The number of rotatable bonds is 5. The molecule has 0 radical (unpaired) electrons. The van der Waals surface area contributed by atoms with Gasteiger partial charge in [0.25, 0.3) is 5.91 Å². The number of amides is 2. The summed E-state index contributed by atoms with van der Waals surface area (Å²) < 4.78 is 5.10. The van der Waals surface area contributed by atoms with Crippen molar-refractivity contribution in [2.24, 2.45) is 5.92 Å². The molecular weight excluding hydrogens is 270 g/mol. The van der Waals surface area contributed by atoms with Gasteiger partial charge in [0, 0.05) is 26.7 Å². The second-order valence-electron chi connectivity index (χ2n) is 6.06. The van der Waals surface area contributed by atoms with Crippen molar-refractivity contribution in [1.29, 1.82) is 0 Å². The third-order valence-corrected chi connectivity index (χ3v) is 4.47. The van der Waals surface area contributed by atoms with Crippen molar-refractivity contribution >= 4 is 11.8 Å². The van der Waals surface area contributed by atoms with Gasteiger partial charge in [0.05, 0.1) is 6.04 Å². The molecule has 120 valence electrons. The Bertz CT molecular complexity index is 369. The zero-order valence-electron chi connectivity index (χ0n) is 13.1. The van der Waals surface area contributed by atoms with E-state index in [-0.39, 0.29) is 24.0 Å². The number of hydrogen-bond donors (Lipinski definition) is 2. The van der Waals surface area contributed by atoms with Crippen molar-refractivity contribution in [3.8, 4) is 0 Å². The Morgan fingerprint density at radius 2 is 2.19 bits per heavy atom. The Hall–Kier alpha value is -1.14. The maximum Gasteiger partial charge on any atom is 0.251 e. The molecule has 0 aliphatic carbocycles. The van der Waals surface area contributed by atoms with Crippen molar-refractivity contribution in [2.75, 3.05) is 33.3 Å². The summed E-state index contributed by atoms with van der Waals surface area (Å²) in [4.78, 5) is 26.0. The first kappa shape index (κ1) is 16.2. The molecule has 2 fully saturated rings. The number of likely N-dealkylation sites (tertiary alicyclic amines) is 1. The van der Waals surface area contributed by atoms with Crippen molar-refractivity contribution in [1.82, 2.24) is 15.5 Å². The van der Waals surface area contributed by atoms with Crippen LogP contribution in [0.4, 0.5) is 0 Å². The highest BCUT2D eigenvalue weighted by atomic mass is 16.5. The average molecular weight is 297 g/mol. The summed E-state index contributed by atoms with van der Waals surface area (Å²) in [6.45, 7) is 4.87. The second-order valence-corrected chi connectivity index (χ2v) is 6.06. The van der Waals surface area contributed by atoms with Crippen LogP contribution in [0.5, 0.6) is 0 Å². The largest absolute Gasteiger partial charge is 0.372 e. The summed E-state index contributed by atoms with van der Waals surface area (Å²) in [6.07, 6.45) is 3.65. The van der Waals surface area contributed by atoms with Crippen LogP contribution < -0.4 is 10.6 Å². The maximum atomic E-state index is 12.1. The van der Waals surface area contributed by atoms with E-state index in [9.17, 15) is 9.59 Å². The zero-order valence-corrected chi connectivity index (χ0v) is 13.1. The lowest BCUT2D eigenvalue weighted by atomic mass is 9.97. The Kier molecular flexibility index (Phi) is 5.99. The molecule has 0 spiro atoms. The Morgan fingerprint density at radius 1 is 1.38 bits per heavy atom. The number of nitrogens with one attached hydrogen (secondary N) is 2. The Balaban J connectivity index is 1.76. The van der Waals surface area contributed by atoms with Crippen LogP contribution >= 0.6 is 0 Å². The van der Waals surface area contributed by atoms with Gasteiger partial charge in [-0.05, 0) is 45.1 Å². The number of carbonyl (C=O) groups excluding carboxylic acids is 2. The van der Waals surface area contributed by atoms with Crippen LogP contribution in [-0.2, 0) is 14.3 Å². The molecule has 3 atom stereocenters. The van der Waals surface area contributed by atoms with Crippen LogP contribution in [0.3, 0.4) is 0 Å². The van der Waals surface area contributed by atoms with Gasteiger partial charge in [-0.2, -0.15) is 0 Å². The molecule has 6 heteroatoms. The minimum Gasteiger partial charge on any atom is -0.372 e. The number of piperidine rings is 1. The maximum absolute atomic E-state index is 12.1. The highest BCUT2D eigenvalue weighted by Gasteiger charge is 2.28. The molecular formula is C15H27N3O3. The number of ether oxygens (including phenoxy) is 1. The fraction of sp³-hybridized carbons (Fsp3) is 0.867. The van der Waals surface area contributed by atoms with Gasteiger partial charge in [-0.3, -0.25) is 9.59 Å². The fourth-order valence-corrected chi connectivity index (χ4v) is 3.07. The molecule has 0 aromatic heterocycles. The predicted molar refractivity (Wildman–Crippen MR) is 79.8 cm³/mol. The molecule has 0 aromatic carbocycles. The van der Waals surface area contributed by atoms with Crippen LogP contribution in [-0.4, -0.2) is 62.1 Å². The Labute approximate surface area is 126 Å². The lowest BCUT2D eigenvalue weighted by molar-refractivity contribution is -0.142. The van der Waals surface area contributed by atoms with Gasteiger partial charge in [0.1, 0.15) is 6.10 Å². The number of methoxy groups -OCH3 is 1. The zero-order chi connectivity index (χ0) is 15.2. The minimum absolute atomic E-state index is 0.0279. The molecule has 2 aliphatic rings. The second kappa shape index (κ2) is 7.75. The van der Waals surface area contributed by atoms with Gasteiger partial charge >= 0.3 is 0 Å². The Morgan fingerprint density at radius 3 is 2.86 bits per heavy atom. The van der Waals surface area contributed by atoms with E-state index in [1.807, 2.05) is 4.90 Å². The summed E-state index contributed by atoms with van der Waals surface area (Å²) in [5, 5.41) is 6.23. The summed E-state index contributed by atoms with van der Waals surface area (Å²) in [6, 6.07) is -0.0279. The lowest BCUT2D eigenvalue weighted by Gasteiger charge is -2.34. The third kappa shape index (κ3) is 4.41. The van der Waals surface area contributed by atoms with Crippen LogP contribution in [0.15, 0.2) is 0 Å². The smallest absolute Gasteiger partial charge is 0.251 e. The number of hydrogen-bond acceptors (Lipinski definition) is 4. The van der Waals surface area contributed by atoms with Gasteiger partial charge < -0.3 is 20.3 Å². The minimum atomic E-state index is -0.388. The third-order valence-electron chi connectivity index (χ3n) is 4.47. The van der Waals surface area contributed by atoms with E-state index in [1.54, 1.807) is 14.0 Å². The summed E-state index contributed by atoms with van der Waals surface area (Å²) in [7, 11) is 1.55. The van der Waals surface area contributed by atoms with Gasteiger partial charge in [-0.25, -0.2) is 0 Å². The topological polar surface area (TPSA) is 70.7 Å². The molecule has 6 nitrogen and oxygen atoms in total. The molecule has 0 aromatic rings. The highest BCUT2D eigenvalue weighted by molar-refractivity contribution is 5.82. The monoisotopic (exact) mass is 297 g/mol. The van der Waals surface area contributed by atoms with E-state index < -0.39 is 0 Å². The number of carbonyl (C=O) groups is 2. The van der Waals surface area contributed by atoms with Gasteiger partial charge in [-0.15, -0.1) is 0 Å². The SMILES string of the molecule is COC(C)C(=O)N1CCCC(CNC(=O)C2CCCN2)C1. The highest BCUT2D eigenvalue weighted by Crippen LogP contribution is 2.17. The van der Waals surface area contributed by atoms with Crippen LogP contribution in [0, 0.1) is 5.92 Å². The fourth-order valence-electron chi connectivity index (χ4n) is 3.07. The molecule has 2 saturated heterocycles. The first-order valence-electron chi connectivity index (χ1n) is 7.94. The molecule has 2 rings (SSSR count). The van der Waals surface area contributed by atoms with E-state index in [2.05, 4.69) is 10.6 Å². The first-order valence-corrected chi connectivity index (χ1v) is 7.94. The van der Waals surface area contributed by atoms with Crippen molar-refractivity contribution in [3.05, 3.63) is 0 Å². The van der Waals surface area contributed by atoms with Crippen molar-refractivity contribution in [3.63, 3.8) is 0 Å². The standard InChI is InChI=1S/C15H27N3O3/c1-11(21-2)15(20)18-8-4-5-12(10-18)9-17-14(19)13-6-3-7-16-13/h11-13,16H,3-10H2,1-2H3,(H,17,19). The van der Waals surface area contributed by atoms with E-state index >= 15 is 0 Å². The van der Waals surface area contributed by atoms with Gasteiger partial charge in [0.2, 0.25) is 5.91 Å². The first-order chi connectivity index (χ1) is 10.1. The average Bonchev–Trinajstić information content (AvgIpc) is 3.05. The predicted octanol–water partition coefficient (Wildman–Crippen LogP) is 0.128. The van der Waals surface area contributed by atoms with E-state index in [4.69, 9.17) is 4.74 Å². The van der Waals surface area contributed by atoms with E-state index in [1.165, 1.54) is 0 Å². The normalized spacial score (nSPS) is 27.4. The number of nitrogens with zero attached hydrogens (tertiary/aromatic N) is 1. The molecule has 0 saturated carbocycles. The molecule has 2 amide bonds. The molecule has 0 bridgehead atoms. The van der Waals surface area contributed by atoms with Gasteiger partial charge in [0.15, 0.2) is 0 Å².